The highest BCUT2D eigenvalue weighted by Crippen LogP contribution is 2.25. The highest BCUT2D eigenvalue weighted by atomic mass is 32.2. The first-order valence-corrected chi connectivity index (χ1v) is 8.90. The van der Waals surface area contributed by atoms with Gasteiger partial charge < -0.3 is 10.2 Å². The molecule has 2 aliphatic rings. The second-order valence-electron chi connectivity index (χ2n) is 6.52. The molecular weight excluding hydrogens is 240 g/mol. The molecular formula is C15H30N2S. The summed E-state index contributed by atoms with van der Waals surface area (Å²) in [6, 6.07) is 0. The molecule has 0 aliphatic carbocycles. The van der Waals surface area contributed by atoms with E-state index in [9.17, 15) is 0 Å². The predicted octanol–water partition coefficient (Wildman–Crippen LogP) is 2.70. The quantitative estimate of drug-likeness (QED) is 0.799. The van der Waals surface area contributed by atoms with Crippen molar-refractivity contribution < 1.29 is 0 Å². The van der Waals surface area contributed by atoms with Gasteiger partial charge in [0.2, 0.25) is 0 Å². The monoisotopic (exact) mass is 270 g/mol. The fraction of sp³-hybridized carbons (Fsp3) is 1.00. The SMILES string of the molecule is CC(C)CNCC1CCN(CC2CCSCC2)C1. The van der Waals surface area contributed by atoms with Gasteiger partial charge in [-0.2, -0.15) is 11.8 Å². The molecule has 106 valence electrons. The van der Waals surface area contributed by atoms with Gasteiger partial charge in [0.15, 0.2) is 0 Å². The number of nitrogens with one attached hydrogen (secondary N) is 1. The Morgan fingerprint density at radius 3 is 2.67 bits per heavy atom. The average Bonchev–Trinajstić information content (AvgIpc) is 2.78. The lowest BCUT2D eigenvalue weighted by atomic mass is 10.0. The van der Waals surface area contributed by atoms with Crippen LogP contribution in [0.15, 0.2) is 0 Å². The second-order valence-corrected chi connectivity index (χ2v) is 7.75. The smallest absolute Gasteiger partial charge is 0.00224 e. The number of hydrogen-bond donors (Lipinski definition) is 1. The van der Waals surface area contributed by atoms with Crippen molar-refractivity contribution in [2.45, 2.75) is 33.1 Å². The van der Waals surface area contributed by atoms with Gasteiger partial charge in [-0.25, -0.2) is 0 Å². The second kappa shape index (κ2) is 7.76. The summed E-state index contributed by atoms with van der Waals surface area (Å²) in [7, 11) is 0. The van der Waals surface area contributed by atoms with Gasteiger partial charge in [0.05, 0.1) is 0 Å². The maximum Gasteiger partial charge on any atom is 0.00224 e. The summed E-state index contributed by atoms with van der Waals surface area (Å²) in [6.45, 7) is 11.0. The van der Waals surface area contributed by atoms with Crippen LogP contribution in [0.25, 0.3) is 0 Å². The normalized spacial score (nSPS) is 27.2. The zero-order valence-corrected chi connectivity index (χ0v) is 13.0. The van der Waals surface area contributed by atoms with E-state index < -0.39 is 0 Å². The molecule has 0 aromatic rings. The molecule has 2 saturated heterocycles. The highest BCUT2D eigenvalue weighted by molar-refractivity contribution is 7.99. The van der Waals surface area contributed by atoms with Crippen LogP contribution >= 0.6 is 11.8 Å². The maximum atomic E-state index is 3.62. The van der Waals surface area contributed by atoms with Crippen molar-refractivity contribution in [3.63, 3.8) is 0 Å². The van der Waals surface area contributed by atoms with Crippen molar-refractivity contribution >= 4 is 11.8 Å². The molecule has 2 nitrogen and oxygen atoms in total. The van der Waals surface area contributed by atoms with E-state index in [1.165, 1.54) is 63.5 Å². The molecule has 1 atom stereocenters. The Labute approximate surface area is 117 Å². The van der Waals surface area contributed by atoms with Gasteiger partial charge in [0, 0.05) is 13.1 Å². The molecule has 0 aromatic heterocycles. The van der Waals surface area contributed by atoms with Gasteiger partial charge in [-0.1, -0.05) is 13.8 Å². The van der Waals surface area contributed by atoms with Crippen molar-refractivity contribution in [2.75, 3.05) is 44.2 Å². The summed E-state index contributed by atoms with van der Waals surface area (Å²) in [5, 5.41) is 3.62. The standard InChI is InChI=1S/C15H30N2S/c1-13(2)9-16-10-15-3-6-17(12-15)11-14-4-7-18-8-5-14/h13-16H,3-12H2,1-2H3. The van der Waals surface area contributed by atoms with Crippen LogP contribution in [0, 0.1) is 17.8 Å². The summed E-state index contributed by atoms with van der Waals surface area (Å²) in [5.74, 6) is 5.48. The lowest BCUT2D eigenvalue weighted by Crippen LogP contribution is -2.32. The van der Waals surface area contributed by atoms with Gasteiger partial charge in [0.1, 0.15) is 0 Å². The lowest BCUT2D eigenvalue weighted by molar-refractivity contribution is 0.258. The minimum atomic E-state index is 0.780. The molecule has 0 amide bonds. The van der Waals surface area contributed by atoms with Crippen LogP contribution < -0.4 is 5.32 Å². The maximum absolute atomic E-state index is 3.62. The van der Waals surface area contributed by atoms with Gasteiger partial charge in [-0.3, -0.25) is 0 Å². The molecule has 1 unspecified atom stereocenters. The largest absolute Gasteiger partial charge is 0.316 e. The zero-order chi connectivity index (χ0) is 12.8. The topological polar surface area (TPSA) is 15.3 Å². The van der Waals surface area contributed by atoms with E-state index in [-0.39, 0.29) is 0 Å². The van der Waals surface area contributed by atoms with Crippen molar-refractivity contribution in [1.29, 1.82) is 0 Å². The van der Waals surface area contributed by atoms with Crippen LogP contribution in [0.1, 0.15) is 33.1 Å². The fourth-order valence-corrected chi connectivity index (χ4v) is 4.32. The highest BCUT2D eigenvalue weighted by Gasteiger charge is 2.25. The van der Waals surface area contributed by atoms with E-state index in [1.54, 1.807) is 0 Å². The number of nitrogens with zero attached hydrogens (tertiary/aromatic N) is 1. The van der Waals surface area contributed by atoms with Crippen molar-refractivity contribution in [3.8, 4) is 0 Å². The molecule has 2 aliphatic heterocycles. The van der Waals surface area contributed by atoms with E-state index in [1.807, 2.05) is 0 Å². The summed E-state index contributed by atoms with van der Waals surface area (Å²) < 4.78 is 0. The van der Waals surface area contributed by atoms with E-state index in [0.29, 0.717) is 0 Å². The van der Waals surface area contributed by atoms with Crippen molar-refractivity contribution in [1.82, 2.24) is 10.2 Å². The predicted molar refractivity (Wildman–Crippen MR) is 82.3 cm³/mol. The first kappa shape index (κ1) is 14.7. The summed E-state index contributed by atoms with van der Waals surface area (Å²) >= 11 is 2.14. The number of rotatable bonds is 6. The summed E-state index contributed by atoms with van der Waals surface area (Å²) in [6.07, 6.45) is 4.32. The Kier molecular flexibility index (Phi) is 6.33. The van der Waals surface area contributed by atoms with Crippen molar-refractivity contribution in [3.05, 3.63) is 0 Å². The van der Waals surface area contributed by atoms with Gasteiger partial charge >= 0.3 is 0 Å². The Bertz CT molecular complexity index is 227. The summed E-state index contributed by atoms with van der Waals surface area (Å²) in [5.41, 5.74) is 0. The fourth-order valence-electron chi connectivity index (χ4n) is 3.12. The molecule has 0 spiro atoms. The molecule has 2 heterocycles. The molecule has 18 heavy (non-hydrogen) atoms. The third-order valence-corrected chi connectivity index (χ3v) is 5.26. The number of likely N-dealkylation sites (tertiary alicyclic amines) is 1. The van der Waals surface area contributed by atoms with Crippen LogP contribution in [0.3, 0.4) is 0 Å². The Morgan fingerprint density at radius 1 is 1.17 bits per heavy atom. The Hall–Kier alpha value is 0.270. The Morgan fingerprint density at radius 2 is 1.94 bits per heavy atom. The van der Waals surface area contributed by atoms with E-state index >= 15 is 0 Å². The minimum absolute atomic E-state index is 0.780. The van der Waals surface area contributed by atoms with Crippen LogP contribution in [-0.4, -0.2) is 49.1 Å². The van der Waals surface area contributed by atoms with Gasteiger partial charge in [-0.15, -0.1) is 0 Å². The third kappa shape index (κ3) is 5.10. The van der Waals surface area contributed by atoms with E-state index in [0.717, 1.165) is 17.8 Å². The summed E-state index contributed by atoms with van der Waals surface area (Å²) in [4.78, 5) is 2.72. The average molecular weight is 270 g/mol. The zero-order valence-electron chi connectivity index (χ0n) is 12.2. The molecule has 0 bridgehead atoms. The first-order valence-electron chi connectivity index (χ1n) is 7.75. The minimum Gasteiger partial charge on any atom is -0.316 e. The molecule has 2 rings (SSSR count). The third-order valence-electron chi connectivity index (χ3n) is 4.21. The van der Waals surface area contributed by atoms with Crippen LogP contribution in [0.2, 0.25) is 0 Å². The Balaban J connectivity index is 1.59. The van der Waals surface area contributed by atoms with Crippen LogP contribution in [0.5, 0.6) is 0 Å². The number of hydrogen-bond acceptors (Lipinski definition) is 3. The van der Waals surface area contributed by atoms with Gasteiger partial charge in [0.25, 0.3) is 0 Å². The van der Waals surface area contributed by atoms with Crippen LogP contribution in [-0.2, 0) is 0 Å². The molecule has 2 fully saturated rings. The molecule has 3 heteroatoms. The number of thioether (sulfide) groups is 1. The van der Waals surface area contributed by atoms with E-state index in [4.69, 9.17) is 0 Å². The molecule has 0 radical (unpaired) electrons. The van der Waals surface area contributed by atoms with Crippen LogP contribution in [0.4, 0.5) is 0 Å². The molecule has 0 saturated carbocycles. The van der Waals surface area contributed by atoms with Crippen molar-refractivity contribution in [2.24, 2.45) is 17.8 Å². The lowest BCUT2D eigenvalue weighted by Gasteiger charge is -2.26. The molecule has 1 N–H and O–H groups in total. The first-order chi connectivity index (χ1) is 8.74. The van der Waals surface area contributed by atoms with Gasteiger partial charge in [-0.05, 0) is 68.2 Å². The van der Waals surface area contributed by atoms with E-state index in [2.05, 4.69) is 35.8 Å². The molecule has 0 aromatic carbocycles.